The molecule has 4 nitrogen and oxygen atoms in total. The first-order chi connectivity index (χ1) is 7.95. The molecule has 1 aromatic carbocycles. The third-order valence-corrected chi connectivity index (χ3v) is 4.80. The first-order valence-electron chi connectivity index (χ1n) is 5.25. The van der Waals surface area contributed by atoms with Crippen LogP contribution < -0.4 is 18.6 Å². The lowest BCUT2D eigenvalue weighted by atomic mass is 10.2. The van der Waals surface area contributed by atoms with Gasteiger partial charge >= 0.3 is 0 Å². The van der Waals surface area contributed by atoms with E-state index in [2.05, 4.69) is 30.3 Å². The SMILES string of the molecule is [O-][Cl+3]([O-])([O-])[O-].c1ccc(C[S+]2CCCC2)cc1. The van der Waals surface area contributed by atoms with Crippen molar-refractivity contribution in [3.8, 4) is 0 Å². The largest absolute Gasteiger partial charge is 0.222 e. The van der Waals surface area contributed by atoms with Crippen molar-refractivity contribution in [1.82, 2.24) is 0 Å². The zero-order valence-electron chi connectivity index (χ0n) is 9.34. The molecule has 2 rings (SSSR count). The van der Waals surface area contributed by atoms with Crippen LogP contribution in [0.25, 0.3) is 0 Å². The van der Waals surface area contributed by atoms with Gasteiger partial charge in [0, 0.05) is 5.56 Å². The molecule has 1 fully saturated rings. The van der Waals surface area contributed by atoms with E-state index in [1.807, 2.05) is 0 Å². The summed E-state index contributed by atoms with van der Waals surface area (Å²) in [6.45, 7) is 0. The van der Waals surface area contributed by atoms with Crippen molar-refractivity contribution in [3.63, 3.8) is 0 Å². The van der Waals surface area contributed by atoms with E-state index < -0.39 is 10.2 Å². The smallest absolute Gasteiger partial charge is 0.133 e. The Kier molecular flexibility index (Phi) is 6.26. The van der Waals surface area contributed by atoms with E-state index in [4.69, 9.17) is 18.6 Å². The van der Waals surface area contributed by atoms with Gasteiger partial charge in [0.1, 0.15) is 17.3 Å². The van der Waals surface area contributed by atoms with Gasteiger partial charge in [-0.15, -0.1) is 10.2 Å². The van der Waals surface area contributed by atoms with Gasteiger partial charge in [0.2, 0.25) is 0 Å². The van der Waals surface area contributed by atoms with E-state index in [9.17, 15) is 0 Å². The summed E-state index contributed by atoms with van der Waals surface area (Å²) in [5, 5.41) is 0. The predicted octanol–water partition coefficient (Wildman–Crippen LogP) is -2.16. The number of halogens is 1. The average molecular weight is 279 g/mol. The molecule has 0 aliphatic carbocycles. The maximum absolute atomic E-state index is 8.49. The highest BCUT2D eigenvalue weighted by molar-refractivity contribution is 7.96. The fourth-order valence-electron chi connectivity index (χ4n) is 1.67. The minimum absolute atomic E-state index is 0.722. The Morgan fingerprint density at radius 2 is 1.41 bits per heavy atom. The second kappa shape index (κ2) is 7.20. The van der Waals surface area contributed by atoms with E-state index in [-0.39, 0.29) is 0 Å². The molecule has 1 saturated heterocycles. The lowest BCUT2D eigenvalue weighted by molar-refractivity contribution is -2.00. The molecule has 0 aromatic heterocycles. The Morgan fingerprint density at radius 1 is 0.941 bits per heavy atom. The van der Waals surface area contributed by atoms with Gasteiger partial charge in [-0.2, -0.15) is 0 Å². The summed E-state index contributed by atoms with van der Waals surface area (Å²) in [7, 11) is -4.22. The molecule has 1 aliphatic rings. The zero-order chi connectivity index (χ0) is 12.7. The maximum atomic E-state index is 8.49. The van der Waals surface area contributed by atoms with Crippen LogP contribution in [0.3, 0.4) is 0 Å². The normalized spacial score (nSPS) is 16.5. The summed E-state index contributed by atoms with van der Waals surface area (Å²) in [6.07, 6.45) is 2.94. The van der Waals surface area contributed by atoms with E-state index in [1.165, 1.54) is 35.7 Å². The van der Waals surface area contributed by atoms with Gasteiger partial charge in [-0.25, -0.2) is 18.6 Å². The van der Waals surface area contributed by atoms with E-state index >= 15 is 0 Å². The molecule has 0 unspecified atom stereocenters. The van der Waals surface area contributed by atoms with Crippen molar-refractivity contribution >= 4 is 10.9 Å². The number of benzene rings is 1. The molecule has 0 atom stereocenters. The molecule has 0 saturated carbocycles. The van der Waals surface area contributed by atoms with E-state index in [0.29, 0.717) is 0 Å². The monoisotopic (exact) mass is 278 g/mol. The number of rotatable bonds is 2. The molecule has 96 valence electrons. The quantitative estimate of drug-likeness (QED) is 0.576. The summed E-state index contributed by atoms with van der Waals surface area (Å²) < 4.78 is 34.0. The van der Waals surface area contributed by atoms with Crippen molar-refractivity contribution in [2.45, 2.75) is 18.6 Å². The van der Waals surface area contributed by atoms with Crippen LogP contribution in [-0.2, 0) is 16.6 Å². The highest BCUT2D eigenvalue weighted by Crippen LogP contribution is 2.18. The van der Waals surface area contributed by atoms with Crippen molar-refractivity contribution in [2.75, 3.05) is 11.5 Å². The minimum atomic E-state index is -4.94. The second-order valence-corrected chi connectivity index (χ2v) is 6.82. The molecule has 1 heterocycles. The van der Waals surface area contributed by atoms with Crippen LogP contribution in [0.1, 0.15) is 18.4 Å². The molecular weight excluding hydrogens is 264 g/mol. The van der Waals surface area contributed by atoms with Crippen molar-refractivity contribution < 1.29 is 28.9 Å². The molecule has 0 radical (unpaired) electrons. The van der Waals surface area contributed by atoms with Crippen LogP contribution in [0, 0.1) is 10.2 Å². The van der Waals surface area contributed by atoms with Gasteiger partial charge in [0.15, 0.2) is 0 Å². The van der Waals surface area contributed by atoms with E-state index in [0.717, 1.165) is 10.9 Å². The second-order valence-electron chi connectivity index (χ2n) is 3.74. The molecule has 1 aliphatic heterocycles. The minimum Gasteiger partial charge on any atom is -0.222 e. The highest BCUT2D eigenvalue weighted by atomic mass is 35.7. The maximum Gasteiger partial charge on any atom is 0.133 e. The Hall–Kier alpha value is -0.300. The summed E-state index contributed by atoms with van der Waals surface area (Å²) in [5.74, 6) is 4.30. The van der Waals surface area contributed by atoms with Crippen molar-refractivity contribution in [2.24, 2.45) is 0 Å². The molecular formula is C11H15ClO4S. The molecule has 0 spiro atoms. The van der Waals surface area contributed by atoms with Crippen LogP contribution in [0.2, 0.25) is 0 Å². The van der Waals surface area contributed by atoms with Crippen LogP contribution in [0.4, 0.5) is 0 Å². The Bertz CT molecular complexity index is 303. The summed E-state index contributed by atoms with van der Waals surface area (Å²) >= 11 is 0. The van der Waals surface area contributed by atoms with Crippen molar-refractivity contribution in [3.05, 3.63) is 35.9 Å². The van der Waals surface area contributed by atoms with Crippen LogP contribution in [0.15, 0.2) is 30.3 Å². The Morgan fingerprint density at radius 3 is 1.88 bits per heavy atom. The standard InChI is InChI=1S/C11H15S.ClHO4/c1-2-6-11(7-3-1)10-12-8-4-5-9-12;2-1(3,4)5/h1-3,6-7H,4-5,8-10H2;(H,2,3,4,5)/q+1;/p-1. The van der Waals surface area contributed by atoms with Gasteiger partial charge < -0.3 is 0 Å². The molecule has 0 N–H and O–H groups in total. The summed E-state index contributed by atoms with van der Waals surface area (Å²) in [5.41, 5.74) is 1.53. The number of hydrogen-bond donors (Lipinski definition) is 0. The number of hydrogen-bond acceptors (Lipinski definition) is 4. The molecule has 0 bridgehead atoms. The fourth-order valence-corrected chi connectivity index (χ4v) is 4.05. The summed E-state index contributed by atoms with van der Waals surface area (Å²) in [4.78, 5) is 0. The van der Waals surface area contributed by atoms with Crippen LogP contribution in [-0.4, -0.2) is 11.5 Å². The van der Waals surface area contributed by atoms with Gasteiger partial charge in [-0.05, 0) is 23.7 Å². The molecule has 1 aromatic rings. The Balaban J connectivity index is 0.000000249. The molecule has 17 heavy (non-hydrogen) atoms. The average Bonchev–Trinajstić information content (AvgIpc) is 2.69. The van der Waals surface area contributed by atoms with Gasteiger partial charge in [-0.3, -0.25) is 0 Å². The lowest BCUT2D eigenvalue weighted by Gasteiger charge is -2.17. The molecule has 6 heteroatoms. The van der Waals surface area contributed by atoms with Crippen molar-refractivity contribution in [1.29, 1.82) is 0 Å². The van der Waals surface area contributed by atoms with Gasteiger partial charge in [-0.1, -0.05) is 30.3 Å². The first kappa shape index (κ1) is 14.8. The third-order valence-electron chi connectivity index (χ3n) is 2.33. The van der Waals surface area contributed by atoms with Crippen LogP contribution >= 0.6 is 0 Å². The van der Waals surface area contributed by atoms with Gasteiger partial charge in [0.25, 0.3) is 0 Å². The van der Waals surface area contributed by atoms with E-state index in [1.54, 1.807) is 0 Å². The first-order valence-corrected chi connectivity index (χ1v) is 8.21. The zero-order valence-corrected chi connectivity index (χ0v) is 10.9. The fraction of sp³-hybridized carbons (Fsp3) is 0.455. The molecule has 0 amide bonds. The summed E-state index contributed by atoms with van der Waals surface area (Å²) in [6, 6.07) is 10.9. The third kappa shape index (κ3) is 8.43. The highest BCUT2D eigenvalue weighted by Gasteiger charge is 2.23. The predicted molar refractivity (Wildman–Crippen MR) is 56.5 cm³/mol. The Labute approximate surface area is 106 Å². The lowest BCUT2D eigenvalue weighted by Crippen LogP contribution is -2.68. The van der Waals surface area contributed by atoms with Gasteiger partial charge in [0.05, 0.1) is 0 Å². The topological polar surface area (TPSA) is 92.2 Å². The van der Waals surface area contributed by atoms with Crippen LogP contribution in [0.5, 0.6) is 0 Å².